The Balaban J connectivity index is 1.92. The Hall–Kier alpha value is -0.410. The Kier molecular flexibility index (Phi) is 4.44. The maximum atomic E-state index is 12.5. The predicted molar refractivity (Wildman–Crippen MR) is 72.6 cm³/mol. The van der Waals surface area contributed by atoms with Crippen LogP contribution in [-0.2, 0) is 9.53 Å². The average molecular weight is 253 g/mol. The van der Waals surface area contributed by atoms with E-state index in [9.17, 15) is 4.79 Å². The van der Waals surface area contributed by atoms with E-state index in [-0.39, 0.29) is 11.3 Å². The Bertz CT molecular complexity index is 295. The third-order valence-corrected chi connectivity index (χ3v) is 5.12. The van der Waals surface area contributed by atoms with Gasteiger partial charge in [-0.3, -0.25) is 9.69 Å². The van der Waals surface area contributed by atoms with Crippen LogP contribution in [0.3, 0.4) is 0 Å². The van der Waals surface area contributed by atoms with E-state index in [1.807, 2.05) is 0 Å². The minimum Gasteiger partial charge on any atom is -0.379 e. The number of carbonyl (C=O) groups excluding carboxylic acids is 1. The van der Waals surface area contributed by atoms with Crippen LogP contribution in [0.5, 0.6) is 0 Å². The highest BCUT2D eigenvalue weighted by molar-refractivity contribution is 5.84. The number of ketones is 1. The van der Waals surface area contributed by atoms with Gasteiger partial charge in [-0.25, -0.2) is 0 Å². The summed E-state index contributed by atoms with van der Waals surface area (Å²) in [4.78, 5) is 14.8. The normalized spacial score (nSPS) is 32.6. The number of hydrogen-bond donors (Lipinski definition) is 0. The van der Waals surface area contributed by atoms with Crippen molar-refractivity contribution in [3.05, 3.63) is 0 Å². The number of rotatable bonds is 4. The second-order valence-corrected chi connectivity index (χ2v) is 6.41. The van der Waals surface area contributed by atoms with Crippen LogP contribution >= 0.6 is 0 Å². The molecule has 1 saturated heterocycles. The van der Waals surface area contributed by atoms with Crippen LogP contribution in [0.2, 0.25) is 0 Å². The van der Waals surface area contributed by atoms with Crippen molar-refractivity contribution in [1.82, 2.24) is 4.90 Å². The van der Waals surface area contributed by atoms with Gasteiger partial charge in [0.2, 0.25) is 0 Å². The van der Waals surface area contributed by atoms with E-state index in [2.05, 4.69) is 25.7 Å². The first-order valence-electron chi connectivity index (χ1n) is 7.38. The third-order valence-electron chi connectivity index (χ3n) is 5.12. The molecule has 0 spiro atoms. The van der Waals surface area contributed by atoms with Crippen molar-refractivity contribution in [2.24, 2.45) is 17.3 Å². The van der Waals surface area contributed by atoms with E-state index in [1.54, 1.807) is 0 Å². The lowest BCUT2D eigenvalue weighted by atomic mass is 9.73. The number of ether oxygens (including phenoxy) is 1. The summed E-state index contributed by atoms with van der Waals surface area (Å²) in [6.45, 7) is 10.8. The Labute approximate surface area is 111 Å². The maximum absolute atomic E-state index is 12.5. The van der Waals surface area contributed by atoms with E-state index < -0.39 is 0 Å². The van der Waals surface area contributed by atoms with Gasteiger partial charge < -0.3 is 4.74 Å². The zero-order chi connectivity index (χ0) is 13.2. The minimum absolute atomic E-state index is 0.193. The van der Waals surface area contributed by atoms with E-state index in [0.717, 1.165) is 38.6 Å². The Morgan fingerprint density at radius 3 is 2.50 bits per heavy atom. The van der Waals surface area contributed by atoms with E-state index in [4.69, 9.17) is 4.74 Å². The van der Waals surface area contributed by atoms with Gasteiger partial charge in [0.05, 0.1) is 19.8 Å². The van der Waals surface area contributed by atoms with Gasteiger partial charge in [-0.2, -0.15) is 0 Å². The van der Waals surface area contributed by atoms with Gasteiger partial charge in [-0.05, 0) is 24.2 Å². The smallest absolute Gasteiger partial charge is 0.150 e. The van der Waals surface area contributed by atoms with Crippen molar-refractivity contribution in [3.63, 3.8) is 0 Å². The fourth-order valence-electron chi connectivity index (χ4n) is 3.79. The van der Waals surface area contributed by atoms with E-state index >= 15 is 0 Å². The van der Waals surface area contributed by atoms with Crippen LogP contribution in [-0.4, -0.2) is 43.5 Å². The first-order chi connectivity index (χ1) is 8.55. The van der Waals surface area contributed by atoms with Crippen molar-refractivity contribution in [2.75, 3.05) is 32.8 Å². The molecule has 0 bridgehead atoms. The first kappa shape index (κ1) is 14.0. The van der Waals surface area contributed by atoms with Crippen molar-refractivity contribution in [2.45, 2.75) is 40.0 Å². The van der Waals surface area contributed by atoms with Crippen molar-refractivity contribution >= 4 is 5.78 Å². The fourth-order valence-corrected chi connectivity index (χ4v) is 3.79. The molecule has 0 amide bonds. The lowest BCUT2D eigenvalue weighted by molar-refractivity contribution is -0.128. The largest absolute Gasteiger partial charge is 0.379 e. The summed E-state index contributed by atoms with van der Waals surface area (Å²) in [5, 5.41) is 0. The van der Waals surface area contributed by atoms with Crippen molar-refractivity contribution in [1.29, 1.82) is 0 Å². The molecule has 2 aliphatic rings. The molecule has 2 rings (SSSR count). The van der Waals surface area contributed by atoms with Gasteiger partial charge >= 0.3 is 0 Å². The zero-order valence-corrected chi connectivity index (χ0v) is 12.1. The minimum atomic E-state index is 0.193. The number of Topliss-reactive ketones (excluding diaryl/α,β-unsaturated/α-hetero) is 1. The highest BCUT2D eigenvalue weighted by atomic mass is 16.5. The SMILES string of the molecule is CCC1CCC(C(=O)CN2CCOCC2)C1(C)C. The van der Waals surface area contributed by atoms with Gasteiger partial charge in [0.1, 0.15) is 5.78 Å². The molecule has 104 valence electrons. The molecule has 1 aliphatic carbocycles. The highest BCUT2D eigenvalue weighted by Crippen LogP contribution is 2.49. The summed E-state index contributed by atoms with van der Waals surface area (Å²) in [7, 11) is 0. The van der Waals surface area contributed by atoms with E-state index in [0.29, 0.717) is 12.3 Å². The van der Waals surface area contributed by atoms with Crippen LogP contribution in [0.1, 0.15) is 40.0 Å². The topological polar surface area (TPSA) is 29.5 Å². The quantitative estimate of drug-likeness (QED) is 0.770. The van der Waals surface area contributed by atoms with Crippen LogP contribution in [0.25, 0.3) is 0 Å². The summed E-state index contributed by atoms with van der Waals surface area (Å²) >= 11 is 0. The highest BCUT2D eigenvalue weighted by Gasteiger charge is 2.45. The molecule has 3 heteroatoms. The molecule has 0 aromatic carbocycles. The molecule has 0 radical (unpaired) electrons. The van der Waals surface area contributed by atoms with Gasteiger partial charge in [0.15, 0.2) is 0 Å². The van der Waals surface area contributed by atoms with Gasteiger partial charge in [0.25, 0.3) is 0 Å². The summed E-state index contributed by atoms with van der Waals surface area (Å²) in [5.41, 5.74) is 0.193. The molecule has 0 aromatic heterocycles. The number of carbonyl (C=O) groups is 1. The second-order valence-electron chi connectivity index (χ2n) is 6.41. The number of morpholine rings is 1. The van der Waals surface area contributed by atoms with Crippen LogP contribution in [0.15, 0.2) is 0 Å². The van der Waals surface area contributed by atoms with Crippen molar-refractivity contribution in [3.8, 4) is 0 Å². The summed E-state index contributed by atoms with van der Waals surface area (Å²) in [5.74, 6) is 1.44. The molecular weight excluding hydrogens is 226 g/mol. The van der Waals surface area contributed by atoms with Crippen LogP contribution < -0.4 is 0 Å². The second kappa shape index (κ2) is 5.70. The maximum Gasteiger partial charge on any atom is 0.150 e. The van der Waals surface area contributed by atoms with Gasteiger partial charge in [0, 0.05) is 19.0 Å². The van der Waals surface area contributed by atoms with Crippen molar-refractivity contribution < 1.29 is 9.53 Å². The lowest BCUT2D eigenvalue weighted by Crippen LogP contribution is -2.43. The van der Waals surface area contributed by atoms with Gasteiger partial charge in [-0.15, -0.1) is 0 Å². The molecule has 1 saturated carbocycles. The average Bonchev–Trinajstić information content (AvgIpc) is 2.65. The van der Waals surface area contributed by atoms with Gasteiger partial charge in [-0.1, -0.05) is 27.2 Å². The molecule has 0 aromatic rings. The molecule has 2 unspecified atom stereocenters. The first-order valence-corrected chi connectivity index (χ1v) is 7.38. The number of hydrogen-bond acceptors (Lipinski definition) is 3. The fraction of sp³-hybridized carbons (Fsp3) is 0.933. The predicted octanol–water partition coefficient (Wildman–Crippen LogP) is 2.35. The third kappa shape index (κ3) is 2.77. The summed E-state index contributed by atoms with van der Waals surface area (Å²) in [6, 6.07) is 0. The molecular formula is C15H27NO2. The molecule has 3 nitrogen and oxygen atoms in total. The van der Waals surface area contributed by atoms with E-state index in [1.165, 1.54) is 12.8 Å². The number of nitrogens with zero attached hydrogens (tertiary/aromatic N) is 1. The summed E-state index contributed by atoms with van der Waals surface area (Å²) in [6.07, 6.45) is 3.52. The van der Waals surface area contributed by atoms with Crippen LogP contribution in [0.4, 0.5) is 0 Å². The molecule has 18 heavy (non-hydrogen) atoms. The standard InChI is InChI=1S/C15H27NO2/c1-4-12-5-6-13(15(12,2)3)14(17)11-16-7-9-18-10-8-16/h12-13H,4-11H2,1-3H3. The molecule has 2 fully saturated rings. The molecule has 1 heterocycles. The Morgan fingerprint density at radius 2 is 1.94 bits per heavy atom. The molecule has 2 atom stereocenters. The van der Waals surface area contributed by atoms with Crippen LogP contribution in [0, 0.1) is 17.3 Å². The Morgan fingerprint density at radius 1 is 1.28 bits per heavy atom. The summed E-state index contributed by atoms with van der Waals surface area (Å²) < 4.78 is 5.33. The molecule has 0 N–H and O–H groups in total. The monoisotopic (exact) mass is 253 g/mol. The molecule has 1 aliphatic heterocycles. The zero-order valence-electron chi connectivity index (χ0n) is 12.1. The lowest BCUT2D eigenvalue weighted by Gasteiger charge is -2.34.